The number of nitrogens with zero attached hydrogens (tertiary/aromatic N) is 5. The van der Waals surface area contributed by atoms with Gasteiger partial charge in [0.15, 0.2) is 16.7 Å². The molecule has 182 valence electrons. The lowest BCUT2D eigenvalue weighted by Gasteiger charge is -2.25. The highest BCUT2D eigenvalue weighted by atomic mass is 32.1. The van der Waals surface area contributed by atoms with Crippen LogP contribution in [0.25, 0.3) is 5.69 Å². The van der Waals surface area contributed by atoms with E-state index in [1.807, 2.05) is 0 Å². The molecule has 1 aliphatic heterocycles. The van der Waals surface area contributed by atoms with Crippen molar-refractivity contribution in [2.45, 2.75) is 13.5 Å². The molecule has 1 fully saturated rings. The zero-order valence-electron chi connectivity index (χ0n) is 18.6. The third-order valence-electron chi connectivity index (χ3n) is 5.51. The molecule has 0 atom stereocenters. The fourth-order valence-electron chi connectivity index (χ4n) is 3.63. The lowest BCUT2D eigenvalue weighted by Crippen LogP contribution is -2.36. The van der Waals surface area contributed by atoms with Crippen molar-refractivity contribution in [3.8, 4) is 16.5 Å². The van der Waals surface area contributed by atoms with E-state index in [0.29, 0.717) is 24.0 Å². The second kappa shape index (κ2) is 9.55. The summed E-state index contributed by atoms with van der Waals surface area (Å²) in [6.07, 6.45) is 1.14. The topological polar surface area (TPSA) is 74.4 Å². The van der Waals surface area contributed by atoms with Gasteiger partial charge in [0.1, 0.15) is 18.0 Å². The second-order valence-corrected chi connectivity index (χ2v) is 8.78. The van der Waals surface area contributed by atoms with Gasteiger partial charge in [0, 0.05) is 24.7 Å². The highest BCUT2D eigenvalue weighted by Crippen LogP contribution is 2.37. The van der Waals surface area contributed by atoms with Crippen molar-refractivity contribution >= 4 is 16.5 Å². The minimum absolute atomic E-state index is 0.0325. The van der Waals surface area contributed by atoms with Crippen molar-refractivity contribution in [3.63, 3.8) is 0 Å². The molecular weight excluding hydrogens is 483 g/mol. The molecule has 2 aromatic heterocycles. The summed E-state index contributed by atoms with van der Waals surface area (Å²) >= 11 is 1.32. The van der Waals surface area contributed by atoms with Crippen LogP contribution in [0.1, 0.15) is 11.3 Å². The van der Waals surface area contributed by atoms with E-state index in [4.69, 9.17) is 9.47 Å². The number of morpholine rings is 1. The van der Waals surface area contributed by atoms with Crippen LogP contribution in [0, 0.1) is 24.4 Å². The van der Waals surface area contributed by atoms with Crippen molar-refractivity contribution in [1.29, 1.82) is 0 Å². The summed E-state index contributed by atoms with van der Waals surface area (Å²) in [4.78, 5) is 19.3. The summed E-state index contributed by atoms with van der Waals surface area (Å²) in [6, 6.07) is 7.43. The Bertz CT molecular complexity index is 1410. The summed E-state index contributed by atoms with van der Waals surface area (Å²) in [5.74, 6) is -2.28. The van der Waals surface area contributed by atoms with E-state index in [9.17, 15) is 18.0 Å². The van der Waals surface area contributed by atoms with Gasteiger partial charge in [-0.15, -0.1) is 0 Å². The number of aryl methyl sites for hydroxylation is 1. The average Bonchev–Trinajstić information content (AvgIpc) is 3.40. The third kappa shape index (κ3) is 4.66. The molecule has 2 aromatic carbocycles. The van der Waals surface area contributed by atoms with E-state index in [1.54, 1.807) is 6.92 Å². The molecule has 0 unspecified atom stereocenters. The van der Waals surface area contributed by atoms with E-state index >= 15 is 0 Å². The maximum absolute atomic E-state index is 14.9. The number of halogens is 3. The Morgan fingerprint density at radius 2 is 1.83 bits per heavy atom. The first-order chi connectivity index (χ1) is 16.9. The largest absolute Gasteiger partial charge is 0.442 e. The van der Waals surface area contributed by atoms with Crippen LogP contribution < -0.4 is 15.3 Å². The van der Waals surface area contributed by atoms with E-state index in [2.05, 4.69) is 15.0 Å². The summed E-state index contributed by atoms with van der Waals surface area (Å²) in [5, 5.41) is 5.20. The second-order valence-electron chi connectivity index (χ2n) is 7.84. The van der Waals surface area contributed by atoms with Gasteiger partial charge >= 0.3 is 5.69 Å². The normalized spacial score (nSPS) is 13.9. The molecular formula is C23H20F3N5O3S. The van der Waals surface area contributed by atoms with E-state index in [-0.39, 0.29) is 23.5 Å². The van der Waals surface area contributed by atoms with Crippen molar-refractivity contribution in [2.75, 3.05) is 31.2 Å². The van der Waals surface area contributed by atoms with Gasteiger partial charge < -0.3 is 14.4 Å². The van der Waals surface area contributed by atoms with Crippen LogP contribution in [-0.4, -0.2) is 45.6 Å². The molecule has 5 rings (SSSR count). The lowest BCUT2D eigenvalue weighted by atomic mass is 10.2. The molecule has 8 nitrogen and oxygen atoms in total. The highest BCUT2D eigenvalue weighted by Gasteiger charge is 2.20. The first-order valence-electron chi connectivity index (χ1n) is 10.8. The van der Waals surface area contributed by atoms with Gasteiger partial charge in [-0.3, -0.25) is 4.57 Å². The van der Waals surface area contributed by atoms with E-state index in [1.165, 1.54) is 29.5 Å². The number of rotatable bonds is 6. The number of aromatic nitrogens is 4. The zero-order valence-corrected chi connectivity index (χ0v) is 19.4. The number of hydrogen-bond donors (Lipinski definition) is 0. The Morgan fingerprint density at radius 3 is 2.54 bits per heavy atom. The van der Waals surface area contributed by atoms with Gasteiger partial charge in [-0.05, 0) is 31.2 Å². The Hall–Kier alpha value is -3.64. The van der Waals surface area contributed by atoms with Gasteiger partial charge in [-0.2, -0.15) is 9.78 Å². The molecule has 1 aliphatic rings. The third-order valence-corrected chi connectivity index (χ3v) is 6.61. The number of ether oxygens (including phenoxy) is 2. The molecule has 0 bridgehead atoms. The minimum Gasteiger partial charge on any atom is -0.442 e. The van der Waals surface area contributed by atoms with Crippen LogP contribution in [0.5, 0.6) is 10.8 Å². The molecule has 3 heterocycles. The van der Waals surface area contributed by atoms with Crippen LogP contribution >= 0.6 is 11.3 Å². The van der Waals surface area contributed by atoms with Crippen LogP contribution in [0.3, 0.4) is 0 Å². The van der Waals surface area contributed by atoms with Gasteiger partial charge in [0.25, 0.3) is 0 Å². The Kier molecular flexibility index (Phi) is 6.31. The predicted molar refractivity (Wildman–Crippen MR) is 123 cm³/mol. The summed E-state index contributed by atoms with van der Waals surface area (Å²) in [5.41, 5.74) is -0.160. The van der Waals surface area contributed by atoms with E-state index < -0.39 is 23.1 Å². The van der Waals surface area contributed by atoms with Gasteiger partial charge in [0.05, 0.1) is 31.1 Å². The van der Waals surface area contributed by atoms with Gasteiger partial charge in [-0.25, -0.2) is 22.9 Å². The number of benzene rings is 2. The Morgan fingerprint density at radius 1 is 1.09 bits per heavy atom. The van der Waals surface area contributed by atoms with Crippen molar-refractivity contribution in [1.82, 2.24) is 19.3 Å². The first-order valence-corrected chi connectivity index (χ1v) is 11.6. The van der Waals surface area contributed by atoms with Crippen molar-refractivity contribution in [2.24, 2.45) is 0 Å². The predicted octanol–water partition coefficient (Wildman–Crippen LogP) is 3.89. The molecule has 0 radical (unpaired) electrons. The summed E-state index contributed by atoms with van der Waals surface area (Å²) in [7, 11) is 0. The molecule has 0 saturated carbocycles. The van der Waals surface area contributed by atoms with Crippen LogP contribution in [0.15, 0.2) is 47.5 Å². The molecule has 12 heteroatoms. The zero-order chi connectivity index (χ0) is 24.5. The molecule has 35 heavy (non-hydrogen) atoms. The highest BCUT2D eigenvalue weighted by molar-refractivity contribution is 7.17. The van der Waals surface area contributed by atoms with Crippen LogP contribution in [0.2, 0.25) is 0 Å². The molecule has 0 N–H and O–H groups in total. The SMILES string of the molecule is Cc1nc(N2CCOCC2)sc1Oc1ccc(-n2ncn(Cc3c(F)cccc3F)c2=O)cc1F. The fraction of sp³-hybridized carbons (Fsp3) is 0.261. The van der Waals surface area contributed by atoms with Gasteiger partial charge in [-0.1, -0.05) is 17.4 Å². The Balaban J connectivity index is 1.36. The number of anilines is 1. The fourth-order valence-corrected chi connectivity index (χ4v) is 4.62. The first kappa shape index (κ1) is 23.1. The molecule has 1 saturated heterocycles. The average molecular weight is 504 g/mol. The van der Waals surface area contributed by atoms with Crippen molar-refractivity contribution < 1.29 is 22.6 Å². The van der Waals surface area contributed by atoms with Crippen molar-refractivity contribution in [3.05, 3.63) is 81.9 Å². The molecule has 0 aliphatic carbocycles. The smallest absolute Gasteiger partial charge is 0.350 e. The lowest BCUT2D eigenvalue weighted by molar-refractivity contribution is 0.122. The van der Waals surface area contributed by atoms with Gasteiger partial charge in [0.2, 0.25) is 5.06 Å². The summed E-state index contributed by atoms with van der Waals surface area (Å²) in [6.45, 7) is 4.12. The quantitative estimate of drug-likeness (QED) is 0.398. The molecule has 0 amide bonds. The molecule has 4 aromatic rings. The Labute approximate surface area is 201 Å². The van der Waals surface area contributed by atoms with Crippen LogP contribution in [0.4, 0.5) is 18.3 Å². The van der Waals surface area contributed by atoms with Crippen LogP contribution in [-0.2, 0) is 11.3 Å². The minimum atomic E-state index is -0.771. The maximum Gasteiger partial charge on any atom is 0.350 e. The number of thiazole rings is 1. The molecule has 0 spiro atoms. The maximum atomic E-state index is 14.9. The summed E-state index contributed by atoms with van der Waals surface area (Å²) < 4.78 is 55.9. The standard InChI is InChI=1S/C23H20F3N5O3S/c1-14-21(35-22(28-14)29-7-9-33-10-8-29)34-20-6-5-15(11-19(20)26)31-23(32)30(13-27-31)12-16-17(24)3-2-4-18(16)25/h2-6,11,13H,7-10,12H2,1H3. The monoisotopic (exact) mass is 503 g/mol. The number of hydrogen-bond acceptors (Lipinski definition) is 7. The van der Waals surface area contributed by atoms with E-state index in [0.717, 1.165) is 52.0 Å².